The molecule has 1 unspecified atom stereocenters. The first-order chi connectivity index (χ1) is 13.7. The molecule has 0 aromatic heterocycles. The third-order valence-electron chi connectivity index (χ3n) is 5.11. The fourth-order valence-electron chi connectivity index (χ4n) is 2.98. The number of carbonyl (C=O) groups excluding carboxylic acids is 2. The Hall–Kier alpha value is -2.40. The van der Waals surface area contributed by atoms with Crippen LogP contribution in [0.4, 0.5) is 4.39 Å². The molecule has 29 heavy (non-hydrogen) atoms. The average molecular weight is 414 g/mol. The van der Waals surface area contributed by atoms with Crippen molar-refractivity contribution in [2.45, 2.75) is 40.2 Å². The molecule has 0 aliphatic rings. The number of carbonyl (C=O) groups is 2. The second kappa shape index (κ2) is 10.4. The lowest BCUT2D eigenvalue weighted by molar-refractivity contribution is -0.114. The number of halogens is 1. The van der Waals surface area contributed by atoms with Crippen molar-refractivity contribution in [3.8, 4) is 0 Å². The summed E-state index contributed by atoms with van der Waals surface area (Å²) in [4.78, 5) is 26.5. The number of benzene rings is 2. The van der Waals surface area contributed by atoms with Crippen LogP contribution in [0.15, 0.2) is 54.7 Å². The van der Waals surface area contributed by atoms with E-state index < -0.39 is 6.04 Å². The Bertz CT molecular complexity index is 875. The number of hydrogen-bond donors (Lipinski definition) is 1. The molecule has 0 spiro atoms. The van der Waals surface area contributed by atoms with Crippen molar-refractivity contribution < 1.29 is 14.0 Å². The minimum absolute atomic E-state index is 0.0120. The van der Waals surface area contributed by atoms with Gasteiger partial charge in [-0.15, -0.1) is 12.6 Å². The van der Waals surface area contributed by atoms with Gasteiger partial charge in [-0.05, 0) is 50.5 Å². The molecule has 0 saturated heterocycles. The maximum absolute atomic E-state index is 13.2. The van der Waals surface area contributed by atoms with Crippen molar-refractivity contribution in [3.63, 3.8) is 0 Å². The number of aryl methyl sites for hydroxylation is 1. The lowest BCUT2D eigenvalue weighted by atomic mass is 10.0. The number of thiol groups is 1. The summed E-state index contributed by atoms with van der Waals surface area (Å²) in [7, 11) is 0. The molecule has 0 radical (unpaired) electrons. The monoisotopic (exact) mass is 413 g/mol. The van der Waals surface area contributed by atoms with E-state index in [1.165, 1.54) is 12.1 Å². The molecule has 3 nitrogen and oxygen atoms in total. The molecule has 2 rings (SSSR count). The number of hydrogen-bond acceptors (Lipinski definition) is 3. The molecular formula is C24H28FNO2S. The summed E-state index contributed by atoms with van der Waals surface area (Å²) >= 11 is 3.92. The highest BCUT2D eigenvalue weighted by Gasteiger charge is 2.22. The number of Topliss-reactive ketones (excluding diaryl/α,β-unsaturated/α-hetero) is 1. The highest BCUT2D eigenvalue weighted by Crippen LogP contribution is 2.20. The molecule has 2 atom stereocenters. The van der Waals surface area contributed by atoms with Crippen LogP contribution in [0.1, 0.15) is 48.7 Å². The summed E-state index contributed by atoms with van der Waals surface area (Å²) in [5.74, 6) is -0.484. The molecule has 0 N–H and O–H groups in total. The summed E-state index contributed by atoms with van der Waals surface area (Å²) in [6, 6.07) is 13.4. The average Bonchev–Trinajstić information content (AvgIpc) is 2.70. The van der Waals surface area contributed by atoms with Gasteiger partial charge >= 0.3 is 0 Å². The minimum Gasteiger partial charge on any atom is -0.367 e. The lowest BCUT2D eigenvalue weighted by Gasteiger charge is -2.29. The van der Waals surface area contributed by atoms with Crippen LogP contribution in [-0.4, -0.2) is 28.4 Å². The van der Waals surface area contributed by atoms with Gasteiger partial charge in [-0.1, -0.05) is 48.9 Å². The van der Waals surface area contributed by atoms with Gasteiger partial charge < -0.3 is 4.90 Å². The van der Waals surface area contributed by atoms with E-state index in [2.05, 4.69) is 12.6 Å². The molecule has 2 aromatic rings. The van der Waals surface area contributed by atoms with Crippen molar-refractivity contribution in [1.29, 1.82) is 0 Å². The second-order valence-corrected chi connectivity index (χ2v) is 7.93. The summed E-state index contributed by atoms with van der Waals surface area (Å²) < 4.78 is 13.2. The third kappa shape index (κ3) is 6.57. The topological polar surface area (TPSA) is 37.4 Å². The Kier molecular flexibility index (Phi) is 8.21. The molecule has 0 fully saturated rings. The van der Waals surface area contributed by atoms with Gasteiger partial charge in [-0.25, -0.2) is 4.39 Å². The van der Waals surface area contributed by atoms with Crippen molar-refractivity contribution in [1.82, 2.24) is 4.90 Å². The summed E-state index contributed by atoms with van der Waals surface area (Å²) in [6.45, 7) is 8.14. The van der Waals surface area contributed by atoms with E-state index in [4.69, 9.17) is 0 Å². The molecule has 2 aromatic carbocycles. The molecule has 5 heteroatoms. The Labute approximate surface area is 178 Å². The van der Waals surface area contributed by atoms with E-state index in [-0.39, 0.29) is 22.6 Å². The van der Waals surface area contributed by atoms with Crippen LogP contribution in [-0.2, 0) is 4.79 Å². The van der Waals surface area contributed by atoms with E-state index in [1.807, 2.05) is 63.1 Å². The van der Waals surface area contributed by atoms with Gasteiger partial charge in [0.05, 0.1) is 6.04 Å². The summed E-state index contributed by atoms with van der Waals surface area (Å²) in [5.41, 5.74) is 3.54. The smallest absolute Gasteiger partial charge is 0.188 e. The first-order valence-electron chi connectivity index (χ1n) is 9.73. The zero-order chi connectivity index (χ0) is 21.6. The number of ketones is 1. The lowest BCUT2D eigenvalue weighted by Crippen LogP contribution is -2.37. The number of rotatable bonds is 9. The van der Waals surface area contributed by atoms with Gasteiger partial charge in [-0.2, -0.15) is 0 Å². The molecule has 0 saturated carbocycles. The second-order valence-electron chi connectivity index (χ2n) is 7.49. The Morgan fingerprint density at radius 1 is 1.03 bits per heavy atom. The van der Waals surface area contributed by atoms with Crippen LogP contribution >= 0.6 is 12.6 Å². The van der Waals surface area contributed by atoms with Crippen molar-refractivity contribution >= 4 is 29.1 Å². The maximum Gasteiger partial charge on any atom is 0.188 e. The fraction of sp³-hybridized carbons (Fsp3) is 0.333. The zero-order valence-corrected chi connectivity index (χ0v) is 18.2. The number of allylic oxidation sites excluding steroid dienone is 1. The van der Waals surface area contributed by atoms with Crippen LogP contribution in [0.5, 0.6) is 0 Å². The van der Waals surface area contributed by atoms with E-state index in [1.54, 1.807) is 12.1 Å². The van der Waals surface area contributed by atoms with Gasteiger partial charge in [0.2, 0.25) is 0 Å². The molecule has 154 valence electrons. The molecule has 0 amide bonds. The summed E-state index contributed by atoms with van der Waals surface area (Å²) in [6.07, 6.45) is 2.50. The number of nitrogens with zero attached hydrogens (tertiary/aromatic N) is 1. The Morgan fingerprint density at radius 2 is 1.59 bits per heavy atom. The van der Waals surface area contributed by atoms with Gasteiger partial charge in [0.25, 0.3) is 0 Å². The van der Waals surface area contributed by atoms with Gasteiger partial charge in [0, 0.05) is 24.2 Å². The van der Waals surface area contributed by atoms with Gasteiger partial charge in [0.15, 0.2) is 10.9 Å². The first kappa shape index (κ1) is 22.9. The molecule has 0 aliphatic heterocycles. The van der Waals surface area contributed by atoms with E-state index in [9.17, 15) is 14.0 Å². The Morgan fingerprint density at radius 3 is 2.14 bits per heavy atom. The van der Waals surface area contributed by atoms with E-state index in [0.717, 1.165) is 16.7 Å². The molecule has 0 heterocycles. The first-order valence-corrected chi connectivity index (χ1v) is 10.2. The quantitative estimate of drug-likeness (QED) is 0.432. The van der Waals surface area contributed by atoms with E-state index >= 15 is 0 Å². The van der Waals surface area contributed by atoms with Crippen LogP contribution in [0.3, 0.4) is 0 Å². The van der Waals surface area contributed by atoms with Crippen LogP contribution in [0, 0.1) is 18.7 Å². The molecule has 0 aliphatic carbocycles. The predicted octanol–water partition coefficient (Wildman–Crippen LogP) is 5.55. The standard InChI is InChI=1S/C24H28FNO2S/c1-16-5-7-21(8-6-16)23(27)19(4)26(14-13-17(2)24(28)29)15-18(3)20-9-11-22(25)12-10-20/h5-12,15,17,19H,13-14H2,1-4H3,(H,28,29)/b18-15+/t17-,19?/m1/s1. The zero-order valence-electron chi connectivity index (χ0n) is 17.4. The largest absolute Gasteiger partial charge is 0.367 e. The molecular weight excluding hydrogens is 385 g/mol. The molecule has 0 bridgehead atoms. The van der Waals surface area contributed by atoms with Gasteiger partial charge in [-0.3, -0.25) is 9.59 Å². The maximum atomic E-state index is 13.2. The predicted molar refractivity (Wildman–Crippen MR) is 120 cm³/mol. The highest BCUT2D eigenvalue weighted by molar-refractivity contribution is 7.96. The normalized spacial score (nSPS) is 13.7. The minimum atomic E-state index is -0.407. The van der Waals surface area contributed by atoms with Crippen LogP contribution in [0.2, 0.25) is 0 Å². The van der Waals surface area contributed by atoms with Crippen molar-refractivity contribution in [2.24, 2.45) is 5.92 Å². The van der Waals surface area contributed by atoms with E-state index in [0.29, 0.717) is 18.5 Å². The van der Waals surface area contributed by atoms with Crippen molar-refractivity contribution in [3.05, 3.63) is 77.2 Å². The summed E-state index contributed by atoms with van der Waals surface area (Å²) in [5, 5.41) is -0.165. The van der Waals surface area contributed by atoms with Crippen LogP contribution in [0.25, 0.3) is 5.57 Å². The van der Waals surface area contributed by atoms with Crippen LogP contribution < -0.4 is 0 Å². The highest BCUT2D eigenvalue weighted by atomic mass is 32.1. The van der Waals surface area contributed by atoms with Crippen molar-refractivity contribution in [2.75, 3.05) is 6.54 Å². The Balaban J connectivity index is 2.28. The fourth-order valence-corrected chi connectivity index (χ4v) is 3.11. The third-order valence-corrected chi connectivity index (χ3v) is 5.55. The van der Waals surface area contributed by atoms with Gasteiger partial charge in [0.1, 0.15) is 5.82 Å². The SMILES string of the molecule is C/C(=C\N(CC[C@@H](C)C(=O)S)C(C)C(=O)c1ccc(C)cc1)c1ccc(F)cc1.